The van der Waals surface area contributed by atoms with Crippen molar-refractivity contribution in [2.24, 2.45) is 0 Å². The van der Waals surface area contributed by atoms with Crippen LogP contribution in [-0.4, -0.2) is 32.0 Å². The van der Waals surface area contributed by atoms with E-state index in [1.165, 1.54) is 11.8 Å². The zero-order valence-electron chi connectivity index (χ0n) is 14.6. The molecule has 0 spiro atoms. The Bertz CT molecular complexity index is 796. The third kappa shape index (κ3) is 5.13. The number of nitrogens with zero attached hydrogens (tertiary/aromatic N) is 1. The number of para-hydroxylation sites is 1. The maximum atomic E-state index is 12.3. The van der Waals surface area contributed by atoms with Crippen LogP contribution in [0.15, 0.2) is 42.5 Å². The minimum absolute atomic E-state index is 0.138. The zero-order valence-corrected chi connectivity index (χ0v) is 16.1. The first kappa shape index (κ1) is 20.1. The normalized spacial score (nSPS) is 10.3. The van der Waals surface area contributed by atoms with E-state index in [1.807, 2.05) is 24.3 Å². The molecule has 138 valence electrons. The van der Waals surface area contributed by atoms with Crippen LogP contribution in [0.2, 0.25) is 10.0 Å². The second kappa shape index (κ2) is 9.46. The van der Waals surface area contributed by atoms with Crippen LogP contribution in [0, 0.1) is 0 Å². The summed E-state index contributed by atoms with van der Waals surface area (Å²) in [6, 6.07) is 12.6. The minimum atomic E-state index is -0.297. The van der Waals surface area contributed by atoms with Crippen LogP contribution >= 0.6 is 23.2 Å². The average Bonchev–Trinajstić information content (AvgIpc) is 2.62. The Kier molecular flexibility index (Phi) is 7.30. The zero-order chi connectivity index (χ0) is 19.1. The van der Waals surface area contributed by atoms with E-state index >= 15 is 0 Å². The van der Waals surface area contributed by atoms with Gasteiger partial charge < -0.3 is 15.0 Å². The van der Waals surface area contributed by atoms with E-state index in [0.717, 1.165) is 11.3 Å². The summed E-state index contributed by atoms with van der Waals surface area (Å²) in [5.74, 6) is 0.193. The number of rotatable bonds is 7. The summed E-state index contributed by atoms with van der Waals surface area (Å²) >= 11 is 12.2. The van der Waals surface area contributed by atoms with Gasteiger partial charge in [-0.3, -0.25) is 9.59 Å². The van der Waals surface area contributed by atoms with Gasteiger partial charge >= 0.3 is 0 Å². The van der Waals surface area contributed by atoms with Gasteiger partial charge in [-0.25, -0.2) is 0 Å². The first-order chi connectivity index (χ1) is 12.4. The lowest BCUT2D eigenvalue weighted by Gasteiger charge is -2.22. The molecule has 26 heavy (non-hydrogen) atoms. The Labute approximate surface area is 162 Å². The van der Waals surface area contributed by atoms with Gasteiger partial charge in [-0.15, -0.1) is 0 Å². The highest BCUT2D eigenvalue weighted by molar-refractivity contribution is 6.44. The van der Waals surface area contributed by atoms with Crippen LogP contribution in [0.1, 0.15) is 12.5 Å². The smallest absolute Gasteiger partial charge is 0.240 e. The monoisotopic (exact) mass is 394 g/mol. The molecule has 0 aliphatic carbocycles. The van der Waals surface area contributed by atoms with Crippen molar-refractivity contribution in [3.63, 3.8) is 0 Å². The number of hydrogen-bond donors (Lipinski definition) is 1. The molecule has 2 aromatic rings. The van der Waals surface area contributed by atoms with E-state index in [-0.39, 0.29) is 23.4 Å². The topological polar surface area (TPSA) is 58.6 Å². The van der Waals surface area contributed by atoms with Crippen molar-refractivity contribution >= 4 is 40.7 Å². The summed E-state index contributed by atoms with van der Waals surface area (Å²) in [6.07, 6.45) is 0.619. The Morgan fingerprint density at radius 2 is 1.85 bits per heavy atom. The highest BCUT2D eigenvalue weighted by Crippen LogP contribution is 2.32. The van der Waals surface area contributed by atoms with Crippen LogP contribution in [0.25, 0.3) is 0 Å². The van der Waals surface area contributed by atoms with Gasteiger partial charge in [0.05, 0.1) is 22.8 Å². The lowest BCUT2D eigenvalue weighted by Crippen LogP contribution is -2.40. The van der Waals surface area contributed by atoms with Gasteiger partial charge in [0.15, 0.2) is 0 Å². The van der Waals surface area contributed by atoms with E-state index in [4.69, 9.17) is 27.9 Å². The van der Waals surface area contributed by atoms with Crippen molar-refractivity contribution in [2.45, 2.75) is 13.3 Å². The van der Waals surface area contributed by atoms with Crippen molar-refractivity contribution in [3.8, 4) is 5.75 Å². The molecule has 5 nitrogen and oxygen atoms in total. The number of amides is 2. The first-order valence-corrected chi connectivity index (χ1v) is 8.80. The molecule has 0 bridgehead atoms. The van der Waals surface area contributed by atoms with Crippen molar-refractivity contribution < 1.29 is 14.3 Å². The third-order valence-corrected chi connectivity index (χ3v) is 4.62. The molecule has 0 unspecified atom stereocenters. The Morgan fingerprint density at radius 1 is 1.12 bits per heavy atom. The number of carbonyl (C=O) groups excluding carboxylic acids is 2. The number of ether oxygens (including phenoxy) is 1. The molecule has 7 heteroatoms. The summed E-state index contributed by atoms with van der Waals surface area (Å²) in [7, 11) is 1.61. The molecule has 2 aromatic carbocycles. The molecule has 0 fully saturated rings. The number of halogens is 2. The number of anilines is 1. The van der Waals surface area contributed by atoms with Gasteiger partial charge in [0.1, 0.15) is 12.3 Å². The second-order valence-electron chi connectivity index (χ2n) is 5.59. The van der Waals surface area contributed by atoms with E-state index < -0.39 is 0 Å². The SMILES string of the molecule is COc1ccccc1CCNC(=O)CN(C(C)=O)c1cccc(Cl)c1Cl. The summed E-state index contributed by atoms with van der Waals surface area (Å²) < 4.78 is 5.29. The first-order valence-electron chi connectivity index (χ1n) is 8.04. The van der Waals surface area contributed by atoms with Gasteiger partial charge in [0.2, 0.25) is 11.8 Å². The molecular formula is C19H20Cl2N2O3. The quantitative estimate of drug-likeness (QED) is 0.778. The molecule has 2 rings (SSSR count). The van der Waals surface area contributed by atoms with Crippen molar-refractivity contribution in [3.05, 3.63) is 58.1 Å². The largest absolute Gasteiger partial charge is 0.496 e. The highest BCUT2D eigenvalue weighted by Gasteiger charge is 2.19. The lowest BCUT2D eigenvalue weighted by atomic mass is 10.1. The molecule has 0 heterocycles. The molecule has 2 amide bonds. The van der Waals surface area contributed by atoms with E-state index in [9.17, 15) is 9.59 Å². The Hall–Kier alpha value is -2.24. The highest BCUT2D eigenvalue weighted by atomic mass is 35.5. The van der Waals surface area contributed by atoms with Gasteiger partial charge in [0, 0.05) is 13.5 Å². The van der Waals surface area contributed by atoms with Gasteiger partial charge in [-0.2, -0.15) is 0 Å². The third-order valence-electron chi connectivity index (χ3n) is 3.81. The van der Waals surface area contributed by atoms with Crippen molar-refractivity contribution in [1.82, 2.24) is 5.32 Å². The van der Waals surface area contributed by atoms with Crippen LogP contribution < -0.4 is 15.0 Å². The molecular weight excluding hydrogens is 375 g/mol. The summed E-state index contributed by atoms with van der Waals surface area (Å²) in [5, 5.41) is 3.37. The number of benzene rings is 2. The predicted molar refractivity (Wildman–Crippen MR) is 104 cm³/mol. The number of nitrogens with one attached hydrogen (secondary N) is 1. The van der Waals surface area contributed by atoms with Gasteiger partial charge in [-0.1, -0.05) is 47.5 Å². The fraction of sp³-hybridized carbons (Fsp3) is 0.263. The molecule has 0 atom stereocenters. The number of methoxy groups -OCH3 is 1. The molecule has 0 radical (unpaired) electrons. The summed E-state index contributed by atoms with van der Waals surface area (Å²) in [6.45, 7) is 1.66. The van der Waals surface area contributed by atoms with Crippen molar-refractivity contribution in [1.29, 1.82) is 0 Å². The lowest BCUT2D eigenvalue weighted by molar-refractivity contribution is -0.123. The van der Waals surface area contributed by atoms with Crippen molar-refractivity contribution in [2.75, 3.05) is 25.1 Å². The van der Waals surface area contributed by atoms with Gasteiger partial charge in [0.25, 0.3) is 0 Å². The Balaban J connectivity index is 1.98. The van der Waals surface area contributed by atoms with Crippen LogP contribution in [0.5, 0.6) is 5.75 Å². The average molecular weight is 395 g/mol. The molecule has 0 aliphatic rings. The van der Waals surface area contributed by atoms with Crippen LogP contribution in [0.3, 0.4) is 0 Å². The molecule has 0 aliphatic heterocycles. The maximum absolute atomic E-state index is 12.3. The maximum Gasteiger partial charge on any atom is 0.240 e. The number of carbonyl (C=O) groups is 2. The molecule has 0 saturated heterocycles. The standard InChI is InChI=1S/C19H20Cl2N2O3/c1-13(24)23(16-8-5-7-15(20)19(16)21)12-18(25)22-11-10-14-6-3-4-9-17(14)26-2/h3-9H,10-12H2,1-2H3,(H,22,25). The summed E-state index contributed by atoms with van der Waals surface area (Å²) in [5.41, 5.74) is 1.41. The fourth-order valence-electron chi connectivity index (χ4n) is 2.51. The minimum Gasteiger partial charge on any atom is -0.496 e. The van der Waals surface area contributed by atoms with E-state index in [1.54, 1.807) is 25.3 Å². The van der Waals surface area contributed by atoms with E-state index in [2.05, 4.69) is 5.32 Å². The summed E-state index contributed by atoms with van der Waals surface area (Å²) in [4.78, 5) is 25.5. The van der Waals surface area contributed by atoms with Crippen LogP contribution in [0.4, 0.5) is 5.69 Å². The fourth-order valence-corrected chi connectivity index (χ4v) is 2.91. The van der Waals surface area contributed by atoms with E-state index in [0.29, 0.717) is 23.7 Å². The van der Waals surface area contributed by atoms with Gasteiger partial charge in [-0.05, 0) is 30.2 Å². The second-order valence-corrected chi connectivity index (χ2v) is 6.38. The number of hydrogen-bond acceptors (Lipinski definition) is 3. The molecule has 1 N–H and O–H groups in total. The van der Waals surface area contributed by atoms with Crippen LogP contribution in [-0.2, 0) is 16.0 Å². The predicted octanol–water partition coefficient (Wildman–Crippen LogP) is 3.71. The molecule has 0 aromatic heterocycles. The Morgan fingerprint density at radius 3 is 2.54 bits per heavy atom. The molecule has 0 saturated carbocycles.